The van der Waals surface area contributed by atoms with Gasteiger partial charge in [0.1, 0.15) is 16.7 Å². The molecule has 0 saturated heterocycles. The van der Waals surface area contributed by atoms with E-state index in [0.717, 1.165) is 24.0 Å². The van der Waals surface area contributed by atoms with Crippen LogP contribution in [-0.4, -0.2) is 33.5 Å². The summed E-state index contributed by atoms with van der Waals surface area (Å²) in [5.74, 6) is 0.412. The van der Waals surface area contributed by atoms with Crippen LogP contribution in [0.1, 0.15) is 42.7 Å². The van der Waals surface area contributed by atoms with Crippen molar-refractivity contribution in [2.45, 2.75) is 45.3 Å². The normalized spacial score (nSPS) is 17.3. The number of aryl methyl sites for hydroxylation is 1. The first-order chi connectivity index (χ1) is 16.4. The number of aliphatic hydroxyl groups excluding tert-OH is 1. The number of hydrogen-bond acceptors (Lipinski definition) is 5. The molecular weight excluding hydrogens is 456 g/mol. The van der Waals surface area contributed by atoms with Crippen molar-refractivity contribution in [2.24, 2.45) is 0 Å². The van der Waals surface area contributed by atoms with Crippen LogP contribution in [0.3, 0.4) is 0 Å². The van der Waals surface area contributed by atoms with E-state index in [0.29, 0.717) is 51.2 Å². The predicted molar refractivity (Wildman–Crippen MR) is 131 cm³/mol. The van der Waals surface area contributed by atoms with Gasteiger partial charge in [-0.25, -0.2) is 4.79 Å². The Kier molecular flexibility index (Phi) is 5.79. The van der Waals surface area contributed by atoms with Crippen LogP contribution in [0.25, 0.3) is 27.5 Å². The number of urea groups is 1. The number of fused-ring (bicyclic) bond motifs is 4. The quantitative estimate of drug-likeness (QED) is 0.372. The molecule has 9 heteroatoms. The van der Waals surface area contributed by atoms with Gasteiger partial charge in [-0.2, -0.15) is 0 Å². The fraction of sp³-hybridized carbons (Fsp3) is 0.320. The standard InChI is InChI=1S/C25H25ClN4O4/c1-3-4-10-27-25(33)28-22-16-12-15(9-8-14(16)11-19(22)31)30-18-7-5-6-17(26)21(18)23-20(24(30)32)13(2)34-29-23/h5-9,12,19,22,31H,3-4,10-11H2,1-2H3,(H2,27,28,33). The third kappa shape index (κ3) is 3.63. The number of amides is 2. The summed E-state index contributed by atoms with van der Waals surface area (Å²) < 4.78 is 6.91. The van der Waals surface area contributed by atoms with Gasteiger partial charge in [0, 0.05) is 24.0 Å². The number of rotatable bonds is 5. The Morgan fingerprint density at radius 3 is 2.91 bits per heavy atom. The number of carbonyl (C=O) groups excluding carboxylic acids is 1. The van der Waals surface area contributed by atoms with Crippen LogP contribution in [0, 0.1) is 6.92 Å². The summed E-state index contributed by atoms with van der Waals surface area (Å²) in [6, 6.07) is 10.0. The van der Waals surface area contributed by atoms with E-state index in [1.54, 1.807) is 23.6 Å². The Hall–Kier alpha value is -3.36. The van der Waals surface area contributed by atoms with E-state index in [4.69, 9.17) is 16.1 Å². The van der Waals surface area contributed by atoms with Gasteiger partial charge in [-0.1, -0.05) is 42.2 Å². The van der Waals surface area contributed by atoms with Crippen LogP contribution in [0.15, 0.2) is 45.7 Å². The van der Waals surface area contributed by atoms with Crippen LogP contribution in [0.2, 0.25) is 5.02 Å². The molecule has 8 nitrogen and oxygen atoms in total. The van der Waals surface area contributed by atoms with Gasteiger partial charge in [0.15, 0.2) is 0 Å². The molecule has 2 atom stereocenters. The second-order valence-electron chi connectivity index (χ2n) is 8.62. The molecule has 0 aliphatic heterocycles. The van der Waals surface area contributed by atoms with Crippen LogP contribution in [-0.2, 0) is 6.42 Å². The van der Waals surface area contributed by atoms with Gasteiger partial charge in [-0.05, 0) is 48.7 Å². The highest BCUT2D eigenvalue weighted by atomic mass is 35.5. The fourth-order valence-corrected chi connectivity index (χ4v) is 4.96. The Morgan fingerprint density at radius 1 is 1.29 bits per heavy atom. The number of aliphatic hydroxyl groups is 1. The molecule has 1 aliphatic carbocycles. The number of nitrogens with zero attached hydrogens (tertiary/aromatic N) is 2. The molecule has 0 bridgehead atoms. The molecule has 2 heterocycles. The number of nitrogens with one attached hydrogen (secondary N) is 2. The number of benzene rings is 2. The van der Waals surface area contributed by atoms with Crippen molar-refractivity contribution in [3.05, 3.63) is 68.7 Å². The summed E-state index contributed by atoms with van der Waals surface area (Å²) >= 11 is 6.52. The maximum absolute atomic E-state index is 13.6. The second-order valence-corrected chi connectivity index (χ2v) is 9.03. The highest BCUT2D eigenvalue weighted by Crippen LogP contribution is 2.35. The first-order valence-corrected chi connectivity index (χ1v) is 11.7. The summed E-state index contributed by atoms with van der Waals surface area (Å²) in [4.78, 5) is 26.0. The molecule has 0 spiro atoms. The summed E-state index contributed by atoms with van der Waals surface area (Å²) in [7, 11) is 0. The average molecular weight is 481 g/mol. The zero-order valence-electron chi connectivity index (χ0n) is 18.9. The molecular formula is C25H25ClN4O4. The minimum atomic E-state index is -0.757. The minimum Gasteiger partial charge on any atom is -0.390 e. The zero-order valence-corrected chi connectivity index (χ0v) is 19.6. The summed E-state index contributed by atoms with van der Waals surface area (Å²) in [5, 5.41) is 21.9. The molecule has 2 unspecified atom stereocenters. The smallest absolute Gasteiger partial charge is 0.315 e. The first-order valence-electron chi connectivity index (χ1n) is 11.4. The van der Waals surface area contributed by atoms with Crippen molar-refractivity contribution >= 4 is 39.4 Å². The van der Waals surface area contributed by atoms with E-state index in [9.17, 15) is 14.7 Å². The molecule has 0 saturated carbocycles. The lowest BCUT2D eigenvalue weighted by Crippen LogP contribution is -2.41. The molecule has 3 N–H and O–H groups in total. The Morgan fingerprint density at radius 2 is 2.12 bits per heavy atom. The van der Waals surface area contributed by atoms with Gasteiger partial charge < -0.3 is 20.3 Å². The third-order valence-corrected chi connectivity index (χ3v) is 6.70. The van der Waals surface area contributed by atoms with E-state index in [1.165, 1.54) is 0 Å². The molecule has 1 aliphatic rings. The van der Waals surface area contributed by atoms with E-state index in [2.05, 4.69) is 22.7 Å². The van der Waals surface area contributed by atoms with Crippen molar-refractivity contribution < 1.29 is 14.4 Å². The Bertz CT molecular complexity index is 1480. The van der Waals surface area contributed by atoms with Crippen LogP contribution in [0.5, 0.6) is 0 Å². The third-order valence-electron chi connectivity index (χ3n) is 6.39. The van der Waals surface area contributed by atoms with E-state index >= 15 is 0 Å². The zero-order chi connectivity index (χ0) is 24.0. The van der Waals surface area contributed by atoms with Crippen molar-refractivity contribution in [3.8, 4) is 5.69 Å². The van der Waals surface area contributed by atoms with Crippen LogP contribution < -0.4 is 16.2 Å². The van der Waals surface area contributed by atoms with Gasteiger partial charge in [-0.15, -0.1) is 0 Å². The highest BCUT2D eigenvalue weighted by Gasteiger charge is 2.33. The molecule has 0 radical (unpaired) electrons. The van der Waals surface area contributed by atoms with Gasteiger partial charge in [-0.3, -0.25) is 9.36 Å². The van der Waals surface area contributed by atoms with Crippen LogP contribution >= 0.6 is 11.6 Å². The lowest BCUT2D eigenvalue weighted by atomic mass is 10.1. The number of aromatic nitrogens is 2. The number of halogens is 1. The molecule has 0 fully saturated rings. The predicted octanol–water partition coefficient (Wildman–Crippen LogP) is 4.15. The number of hydrogen-bond donors (Lipinski definition) is 3. The summed E-state index contributed by atoms with van der Waals surface area (Å²) in [5.41, 5.74) is 3.06. The van der Waals surface area contributed by atoms with Crippen molar-refractivity contribution in [3.63, 3.8) is 0 Å². The average Bonchev–Trinajstić information content (AvgIpc) is 3.34. The van der Waals surface area contributed by atoms with Crippen molar-refractivity contribution in [1.82, 2.24) is 20.4 Å². The summed E-state index contributed by atoms with van der Waals surface area (Å²) in [6.45, 7) is 4.31. The topological polar surface area (TPSA) is 109 Å². The lowest BCUT2D eigenvalue weighted by molar-refractivity contribution is 0.142. The van der Waals surface area contributed by atoms with Crippen LogP contribution in [0.4, 0.5) is 4.79 Å². The molecule has 5 rings (SSSR count). The van der Waals surface area contributed by atoms with Crippen molar-refractivity contribution in [1.29, 1.82) is 0 Å². The fourth-order valence-electron chi connectivity index (χ4n) is 4.70. The largest absolute Gasteiger partial charge is 0.390 e. The Balaban J connectivity index is 1.63. The lowest BCUT2D eigenvalue weighted by Gasteiger charge is -2.19. The number of pyridine rings is 1. The maximum Gasteiger partial charge on any atom is 0.315 e. The van der Waals surface area contributed by atoms with Gasteiger partial charge in [0.05, 0.1) is 22.7 Å². The molecule has 34 heavy (non-hydrogen) atoms. The minimum absolute atomic E-state index is 0.274. The molecule has 4 aromatic rings. The highest BCUT2D eigenvalue weighted by molar-refractivity contribution is 6.37. The van der Waals surface area contributed by atoms with Gasteiger partial charge in [0.25, 0.3) is 5.56 Å². The SMILES string of the molecule is CCCCNC(=O)NC1c2cc(-n3c(=O)c4c(C)onc4c4c(Cl)cccc43)ccc2CC1O. The number of carbonyl (C=O) groups is 1. The van der Waals surface area contributed by atoms with Gasteiger partial charge in [0.2, 0.25) is 0 Å². The molecule has 176 valence electrons. The molecule has 2 aromatic carbocycles. The second kappa shape index (κ2) is 8.77. The van der Waals surface area contributed by atoms with E-state index in [1.807, 2.05) is 24.3 Å². The summed E-state index contributed by atoms with van der Waals surface area (Å²) in [6.07, 6.45) is 1.51. The maximum atomic E-state index is 13.6. The number of unbranched alkanes of at least 4 members (excludes halogenated alkanes) is 1. The Labute approximate surface area is 200 Å². The molecule has 2 aromatic heterocycles. The van der Waals surface area contributed by atoms with E-state index < -0.39 is 12.1 Å². The van der Waals surface area contributed by atoms with Crippen molar-refractivity contribution in [2.75, 3.05) is 6.54 Å². The molecule has 2 amide bonds. The monoisotopic (exact) mass is 480 g/mol. The first kappa shape index (κ1) is 22.4. The van der Waals surface area contributed by atoms with E-state index in [-0.39, 0.29) is 11.6 Å². The van der Waals surface area contributed by atoms with Gasteiger partial charge >= 0.3 is 6.03 Å².